The Bertz CT molecular complexity index is 572. The van der Waals surface area contributed by atoms with E-state index < -0.39 is 0 Å². The van der Waals surface area contributed by atoms with E-state index in [9.17, 15) is 4.79 Å². The van der Waals surface area contributed by atoms with Crippen LogP contribution in [0, 0.1) is 0 Å². The number of benzene rings is 2. The minimum atomic E-state index is -0.200. The van der Waals surface area contributed by atoms with Crippen LogP contribution in [0.2, 0.25) is 0 Å². The van der Waals surface area contributed by atoms with E-state index in [2.05, 4.69) is 10.6 Å². The average molecular weight is 298 g/mol. The van der Waals surface area contributed by atoms with Gasteiger partial charge in [-0.15, -0.1) is 0 Å². The van der Waals surface area contributed by atoms with Gasteiger partial charge in [0.05, 0.1) is 12.1 Å². The lowest BCUT2D eigenvalue weighted by Gasteiger charge is -2.19. The Balaban J connectivity index is 1.84. The third kappa shape index (κ3) is 4.60. The molecule has 2 unspecified atom stereocenters. The molecule has 2 aromatic rings. The SMILES string of the molecule is COC(CNC(=O)NC(C)c1ccccc1)c1ccccc1. The normalized spacial score (nSPS) is 13.2. The van der Waals surface area contributed by atoms with E-state index in [-0.39, 0.29) is 18.2 Å². The van der Waals surface area contributed by atoms with Gasteiger partial charge in [0.1, 0.15) is 0 Å². The maximum Gasteiger partial charge on any atom is 0.315 e. The first-order valence-corrected chi connectivity index (χ1v) is 7.37. The smallest absolute Gasteiger partial charge is 0.315 e. The largest absolute Gasteiger partial charge is 0.375 e. The number of urea groups is 1. The lowest BCUT2D eigenvalue weighted by molar-refractivity contribution is 0.104. The van der Waals surface area contributed by atoms with Gasteiger partial charge in [0.15, 0.2) is 0 Å². The van der Waals surface area contributed by atoms with E-state index in [1.54, 1.807) is 7.11 Å². The zero-order chi connectivity index (χ0) is 15.8. The number of methoxy groups -OCH3 is 1. The van der Waals surface area contributed by atoms with Crippen molar-refractivity contribution in [1.82, 2.24) is 10.6 Å². The van der Waals surface area contributed by atoms with Crippen LogP contribution in [0.15, 0.2) is 60.7 Å². The van der Waals surface area contributed by atoms with Crippen LogP contribution in [0.3, 0.4) is 0 Å². The summed E-state index contributed by atoms with van der Waals surface area (Å²) in [6.07, 6.45) is -0.154. The minimum absolute atomic E-state index is 0.0427. The first kappa shape index (κ1) is 16.0. The molecule has 4 nitrogen and oxygen atoms in total. The van der Waals surface area contributed by atoms with Gasteiger partial charge in [-0.1, -0.05) is 60.7 Å². The number of carbonyl (C=O) groups excluding carboxylic acids is 1. The Kier molecular flexibility index (Phi) is 5.98. The first-order chi connectivity index (χ1) is 10.7. The van der Waals surface area contributed by atoms with Crippen molar-refractivity contribution < 1.29 is 9.53 Å². The van der Waals surface area contributed by atoms with Crippen LogP contribution in [-0.2, 0) is 4.74 Å². The van der Waals surface area contributed by atoms with Crippen LogP contribution < -0.4 is 10.6 Å². The number of ether oxygens (including phenoxy) is 1. The molecule has 0 aliphatic heterocycles. The van der Waals surface area contributed by atoms with E-state index >= 15 is 0 Å². The number of amides is 2. The molecule has 0 bridgehead atoms. The topological polar surface area (TPSA) is 50.4 Å². The van der Waals surface area contributed by atoms with Gasteiger partial charge < -0.3 is 15.4 Å². The lowest BCUT2D eigenvalue weighted by atomic mass is 10.1. The molecule has 2 amide bonds. The van der Waals surface area contributed by atoms with E-state index in [0.29, 0.717) is 6.54 Å². The summed E-state index contributed by atoms with van der Waals surface area (Å²) in [4.78, 5) is 12.0. The molecule has 0 heterocycles. The fourth-order valence-corrected chi connectivity index (χ4v) is 2.26. The molecule has 0 spiro atoms. The highest BCUT2D eigenvalue weighted by Crippen LogP contribution is 2.15. The van der Waals surface area contributed by atoms with Gasteiger partial charge in [0.25, 0.3) is 0 Å². The molecule has 22 heavy (non-hydrogen) atoms. The summed E-state index contributed by atoms with van der Waals surface area (Å²) >= 11 is 0. The fourth-order valence-electron chi connectivity index (χ4n) is 2.26. The second kappa shape index (κ2) is 8.20. The molecule has 2 aromatic carbocycles. The summed E-state index contributed by atoms with van der Waals surface area (Å²) in [7, 11) is 1.64. The van der Waals surface area contributed by atoms with Crippen LogP contribution in [-0.4, -0.2) is 19.7 Å². The second-order valence-electron chi connectivity index (χ2n) is 5.12. The second-order valence-corrected chi connectivity index (χ2v) is 5.12. The molecular formula is C18H22N2O2. The molecule has 2 N–H and O–H groups in total. The number of hydrogen-bond acceptors (Lipinski definition) is 2. The highest BCUT2D eigenvalue weighted by Gasteiger charge is 2.13. The highest BCUT2D eigenvalue weighted by molar-refractivity contribution is 5.74. The molecule has 2 rings (SSSR count). The third-order valence-electron chi connectivity index (χ3n) is 3.55. The molecule has 4 heteroatoms. The van der Waals surface area contributed by atoms with Crippen molar-refractivity contribution in [2.75, 3.05) is 13.7 Å². The van der Waals surface area contributed by atoms with Crippen molar-refractivity contribution in [3.8, 4) is 0 Å². The molecule has 0 radical (unpaired) electrons. The van der Waals surface area contributed by atoms with Crippen LogP contribution in [0.1, 0.15) is 30.2 Å². The predicted molar refractivity (Wildman–Crippen MR) is 87.6 cm³/mol. The third-order valence-corrected chi connectivity index (χ3v) is 3.55. The zero-order valence-electron chi connectivity index (χ0n) is 13.0. The van der Waals surface area contributed by atoms with Gasteiger partial charge in [-0.2, -0.15) is 0 Å². The maximum atomic E-state index is 12.0. The molecule has 0 saturated carbocycles. The number of carbonyl (C=O) groups is 1. The number of nitrogens with one attached hydrogen (secondary N) is 2. The Hall–Kier alpha value is -2.33. The Labute approximate surface area is 131 Å². The van der Waals surface area contributed by atoms with Gasteiger partial charge in [0.2, 0.25) is 0 Å². The Morgan fingerprint density at radius 2 is 1.55 bits per heavy atom. The zero-order valence-corrected chi connectivity index (χ0v) is 13.0. The van der Waals surface area contributed by atoms with E-state index in [1.165, 1.54) is 0 Å². The van der Waals surface area contributed by atoms with Crippen LogP contribution in [0.4, 0.5) is 4.79 Å². The molecule has 0 fully saturated rings. The molecule has 0 aromatic heterocycles. The molecule has 0 aliphatic carbocycles. The average Bonchev–Trinajstić information content (AvgIpc) is 2.57. The molecule has 2 atom stereocenters. The van der Waals surface area contributed by atoms with Gasteiger partial charge >= 0.3 is 6.03 Å². The molecular weight excluding hydrogens is 276 g/mol. The van der Waals surface area contributed by atoms with Crippen LogP contribution in [0.5, 0.6) is 0 Å². The summed E-state index contributed by atoms with van der Waals surface area (Å²) in [5.74, 6) is 0. The van der Waals surface area contributed by atoms with Gasteiger partial charge in [-0.3, -0.25) is 0 Å². The highest BCUT2D eigenvalue weighted by atomic mass is 16.5. The Morgan fingerprint density at radius 3 is 2.09 bits per heavy atom. The summed E-state index contributed by atoms with van der Waals surface area (Å²) in [6, 6.07) is 19.5. The lowest BCUT2D eigenvalue weighted by Crippen LogP contribution is -2.39. The van der Waals surface area contributed by atoms with Gasteiger partial charge in [-0.05, 0) is 18.1 Å². The van der Waals surface area contributed by atoms with Crippen LogP contribution >= 0.6 is 0 Å². The van der Waals surface area contributed by atoms with Gasteiger partial charge in [0, 0.05) is 13.7 Å². The first-order valence-electron chi connectivity index (χ1n) is 7.37. The number of rotatable bonds is 6. The predicted octanol–water partition coefficient (Wildman–Crippen LogP) is 3.43. The van der Waals surface area contributed by atoms with E-state index in [0.717, 1.165) is 11.1 Å². The van der Waals surface area contributed by atoms with E-state index in [4.69, 9.17) is 4.74 Å². The van der Waals surface area contributed by atoms with E-state index in [1.807, 2.05) is 67.6 Å². The van der Waals surface area contributed by atoms with Crippen LogP contribution in [0.25, 0.3) is 0 Å². The summed E-state index contributed by atoms with van der Waals surface area (Å²) in [5.41, 5.74) is 2.12. The van der Waals surface area contributed by atoms with Crippen molar-refractivity contribution in [1.29, 1.82) is 0 Å². The molecule has 116 valence electrons. The summed E-state index contributed by atoms with van der Waals surface area (Å²) < 4.78 is 5.43. The maximum absolute atomic E-state index is 12.0. The van der Waals surface area contributed by atoms with Crippen molar-refractivity contribution in [3.63, 3.8) is 0 Å². The van der Waals surface area contributed by atoms with Crippen molar-refractivity contribution in [2.45, 2.75) is 19.1 Å². The molecule has 0 saturated heterocycles. The van der Waals surface area contributed by atoms with Crippen molar-refractivity contribution in [3.05, 3.63) is 71.8 Å². The van der Waals surface area contributed by atoms with Crippen molar-refractivity contribution in [2.24, 2.45) is 0 Å². The van der Waals surface area contributed by atoms with Crippen molar-refractivity contribution >= 4 is 6.03 Å². The fraction of sp³-hybridized carbons (Fsp3) is 0.278. The standard InChI is InChI=1S/C18H22N2O2/c1-14(15-9-5-3-6-10-15)20-18(21)19-13-17(22-2)16-11-7-4-8-12-16/h3-12,14,17H,13H2,1-2H3,(H2,19,20,21). The Morgan fingerprint density at radius 1 is 1.00 bits per heavy atom. The summed E-state index contributed by atoms with van der Waals surface area (Å²) in [6.45, 7) is 2.38. The monoisotopic (exact) mass is 298 g/mol. The van der Waals surface area contributed by atoms with Gasteiger partial charge in [-0.25, -0.2) is 4.79 Å². The molecule has 0 aliphatic rings. The minimum Gasteiger partial charge on any atom is -0.375 e. The quantitative estimate of drug-likeness (QED) is 0.858. The summed E-state index contributed by atoms with van der Waals surface area (Å²) in [5, 5.41) is 5.78. The number of hydrogen-bond donors (Lipinski definition) is 2.